The van der Waals surface area contributed by atoms with Crippen molar-refractivity contribution in [3.8, 4) is 16.8 Å². The zero-order valence-corrected chi connectivity index (χ0v) is 17.5. The minimum Gasteiger partial charge on any atom is -0.310 e. The van der Waals surface area contributed by atoms with Crippen molar-refractivity contribution in [2.45, 2.75) is 46.0 Å². The Morgan fingerprint density at radius 2 is 1.63 bits per heavy atom. The Morgan fingerprint density at radius 1 is 0.967 bits per heavy atom. The van der Waals surface area contributed by atoms with Crippen LogP contribution in [0.1, 0.15) is 43.4 Å². The minimum absolute atomic E-state index is 0.0229. The quantitative estimate of drug-likeness (QED) is 0.666. The van der Waals surface area contributed by atoms with E-state index < -0.39 is 0 Å². The van der Waals surface area contributed by atoms with E-state index in [-0.39, 0.29) is 17.3 Å². The van der Waals surface area contributed by atoms with E-state index in [9.17, 15) is 9.59 Å². The first kappa shape index (κ1) is 20.1. The van der Waals surface area contributed by atoms with Crippen LogP contribution in [0.2, 0.25) is 0 Å². The van der Waals surface area contributed by atoms with E-state index in [1.54, 1.807) is 11.6 Å². The lowest BCUT2D eigenvalue weighted by molar-refractivity contribution is -0.120. The maximum absolute atomic E-state index is 13.2. The van der Waals surface area contributed by atoms with Crippen LogP contribution in [0.25, 0.3) is 16.8 Å². The van der Waals surface area contributed by atoms with Crippen molar-refractivity contribution in [1.29, 1.82) is 0 Å². The molecule has 1 aliphatic carbocycles. The molecule has 1 heterocycles. The molecule has 1 N–H and O–H groups in total. The molecule has 5 nitrogen and oxygen atoms in total. The summed E-state index contributed by atoms with van der Waals surface area (Å²) in [5, 5.41) is 7.64. The van der Waals surface area contributed by atoms with Crippen LogP contribution in [0.3, 0.4) is 0 Å². The molecule has 1 amide bonds. The van der Waals surface area contributed by atoms with Crippen molar-refractivity contribution in [2.24, 2.45) is 5.92 Å². The molecule has 5 heteroatoms. The molecule has 0 bridgehead atoms. The van der Waals surface area contributed by atoms with E-state index in [0.29, 0.717) is 17.1 Å². The first-order valence-electron chi connectivity index (χ1n) is 10.6. The topological polar surface area (TPSA) is 64.0 Å². The van der Waals surface area contributed by atoms with Gasteiger partial charge in [0.05, 0.1) is 11.3 Å². The molecule has 0 radical (unpaired) electrons. The second-order valence-corrected chi connectivity index (χ2v) is 8.08. The van der Waals surface area contributed by atoms with Crippen LogP contribution in [0.5, 0.6) is 0 Å². The average Bonchev–Trinajstić information content (AvgIpc) is 2.78. The molecule has 30 heavy (non-hydrogen) atoms. The molecule has 1 saturated carbocycles. The standard InChI is InChI=1S/C25H27N3O2/c1-17-13-15-21(16-14-17)28-24(26-25(30)20-11-7-4-8-12-20)22(23(29)18(2)27-28)19-9-5-3-6-10-19/h3,5-6,9-10,13-16,20H,4,7-8,11-12H2,1-2H3,(H,26,30). The first-order valence-corrected chi connectivity index (χ1v) is 10.6. The lowest BCUT2D eigenvalue weighted by Gasteiger charge is -2.23. The maximum Gasteiger partial charge on any atom is 0.228 e. The molecule has 0 saturated heterocycles. The van der Waals surface area contributed by atoms with Gasteiger partial charge in [0.2, 0.25) is 11.3 Å². The van der Waals surface area contributed by atoms with Gasteiger partial charge in [-0.15, -0.1) is 0 Å². The summed E-state index contributed by atoms with van der Waals surface area (Å²) in [5.74, 6) is 0.388. The number of nitrogens with zero attached hydrogens (tertiary/aromatic N) is 2. The average molecular weight is 402 g/mol. The number of benzene rings is 2. The van der Waals surface area contributed by atoms with Crippen LogP contribution >= 0.6 is 0 Å². The van der Waals surface area contributed by atoms with E-state index in [4.69, 9.17) is 0 Å². The molecule has 0 spiro atoms. The molecule has 1 aliphatic rings. The van der Waals surface area contributed by atoms with Crippen LogP contribution in [-0.2, 0) is 4.79 Å². The van der Waals surface area contributed by atoms with Gasteiger partial charge < -0.3 is 5.32 Å². The molecular weight excluding hydrogens is 374 g/mol. The smallest absolute Gasteiger partial charge is 0.228 e. The number of hydrogen-bond donors (Lipinski definition) is 1. The highest BCUT2D eigenvalue weighted by atomic mass is 16.2. The van der Waals surface area contributed by atoms with Crippen molar-refractivity contribution in [3.63, 3.8) is 0 Å². The molecular formula is C25H27N3O2. The van der Waals surface area contributed by atoms with Gasteiger partial charge in [-0.2, -0.15) is 5.10 Å². The summed E-state index contributed by atoms with van der Waals surface area (Å²) in [5.41, 5.74) is 3.42. The number of aromatic nitrogens is 2. The van der Waals surface area contributed by atoms with Gasteiger partial charge in [0.15, 0.2) is 0 Å². The highest BCUT2D eigenvalue weighted by Gasteiger charge is 2.25. The molecule has 154 valence electrons. The Hall–Kier alpha value is -3.21. The Bertz CT molecular complexity index is 1100. The number of aryl methyl sites for hydroxylation is 2. The number of nitrogens with one attached hydrogen (secondary N) is 1. The van der Waals surface area contributed by atoms with E-state index >= 15 is 0 Å². The molecule has 0 unspecified atom stereocenters. The van der Waals surface area contributed by atoms with Gasteiger partial charge in [0.25, 0.3) is 0 Å². The summed E-state index contributed by atoms with van der Waals surface area (Å²) >= 11 is 0. The molecule has 3 aromatic rings. The van der Waals surface area contributed by atoms with Crippen LogP contribution in [-0.4, -0.2) is 15.7 Å². The Kier molecular flexibility index (Phi) is 5.79. The third kappa shape index (κ3) is 4.06. The molecule has 4 rings (SSSR count). The van der Waals surface area contributed by atoms with Crippen LogP contribution < -0.4 is 10.7 Å². The summed E-state index contributed by atoms with van der Waals surface area (Å²) in [7, 11) is 0. The fourth-order valence-corrected chi connectivity index (χ4v) is 4.08. The SMILES string of the molecule is Cc1ccc(-n2nc(C)c(=O)c(-c3ccccc3)c2NC(=O)C2CCCCC2)cc1. The van der Waals surface area contributed by atoms with Crippen molar-refractivity contribution in [1.82, 2.24) is 9.78 Å². The first-order chi connectivity index (χ1) is 14.5. The number of hydrogen-bond acceptors (Lipinski definition) is 3. The molecule has 0 aliphatic heterocycles. The summed E-state index contributed by atoms with van der Waals surface area (Å²) in [6, 6.07) is 17.4. The number of rotatable bonds is 4. The lowest BCUT2D eigenvalue weighted by Crippen LogP contribution is -2.29. The Labute approximate surface area is 176 Å². The van der Waals surface area contributed by atoms with Crippen molar-refractivity contribution in [2.75, 3.05) is 5.32 Å². The monoisotopic (exact) mass is 401 g/mol. The second kappa shape index (κ2) is 8.66. The summed E-state index contributed by atoms with van der Waals surface area (Å²) < 4.78 is 1.69. The number of carbonyl (C=O) groups is 1. The Balaban J connectivity index is 1.89. The van der Waals surface area contributed by atoms with Crippen LogP contribution in [0.4, 0.5) is 5.82 Å². The Morgan fingerprint density at radius 3 is 2.30 bits per heavy atom. The van der Waals surface area contributed by atoms with Gasteiger partial charge in [0, 0.05) is 5.92 Å². The maximum atomic E-state index is 13.2. The molecule has 1 aromatic heterocycles. The van der Waals surface area contributed by atoms with E-state index in [2.05, 4.69) is 10.4 Å². The fourth-order valence-electron chi connectivity index (χ4n) is 4.08. The van der Waals surface area contributed by atoms with Crippen molar-refractivity contribution < 1.29 is 4.79 Å². The largest absolute Gasteiger partial charge is 0.310 e. The highest BCUT2D eigenvalue weighted by Crippen LogP contribution is 2.30. The normalized spacial score (nSPS) is 14.5. The predicted molar refractivity (Wildman–Crippen MR) is 120 cm³/mol. The predicted octanol–water partition coefficient (Wildman–Crippen LogP) is 5.04. The highest BCUT2D eigenvalue weighted by molar-refractivity contribution is 5.96. The van der Waals surface area contributed by atoms with Crippen molar-refractivity contribution in [3.05, 3.63) is 76.1 Å². The number of amides is 1. The van der Waals surface area contributed by atoms with Gasteiger partial charge in [-0.3, -0.25) is 9.59 Å². The zero-order chi connectivity index (χ0) is 21.1. The summed E-state index contributed by atoms with van der Waals surface area (Å²) in [6.45, 7) is 3.74. The van der Waals surface area contributed by atoms with Crippen LogP contribution in [0.15, 0.2) is 59.4 Å². The third-order valence-electron chi connectivity index (χ3n) is 5.81. The molecule has 2 aromatic carbocycles. The lowest BCUT2D eigenvalue weighted by atomic mass is 9.88. The van der Waals surface area contributed by atoms with Gasteiger partial charge in [-0.25, -0.2) is 4.68 Å². The van der Waals surface area contributed by atoms with Gasteiger partial charge in [0.1, 0.15) is 11.5 Å². The van der Waals surface area contributed by atoms with Crippen molar-refractivity contribution >= 4 is 11.7 Å². The van der Waals surface area contributed by atoms with Gasteiger partial charge >= 0.3 is 0 Å². The zero-order valence-electron chi connectivity index (χ0n) is 17.5. The fraction of sp³-hybridized carbons (Fsp3) is 0.320. The molecule has 0 atom stereocenters. The third-order valence-corrected chi connectivity index (χ3v) is 5.81. The molecule has 1 fully saturated rings. The van der Waals surface area contributed by atoms with Gasteiger partial charge in [-0.05, 0) is 44.4 Å². The van der Waals surface area contributed by atoms with Gasteiger partial charge in [-0.1, -0.05) is 67.3 Å². The summed E-state index contributed by atoms with van der Waals surface area (Å²) in [4.78, 5) is 26.3. The van der Waals surface area contributed by atoms with E-state index in [0.717, 1.165) is 42.5 Å². The minimum atomic E-state index is -0.163. The summed E-state index contributed by atoms with van der Waals surface area (Å²) in [6.07, 6.45) is 5.10. The number of carbonyl (C=O) groups excluding carboxylic acids is 1. The number of anilines is 1. The van der Waals surface area contributed by atoms with E-state index in [1.807, 2.05) is 61.5 Å². The van der Waals surface area contributed by atoms with E-state index in [1.165, 1.54) is 6.42 Å². The second-order valence-electron chi connectivity index (χ2n) is 8.08. The van der Waals surface area contributed by atoms with Crippen LogP contribution in [0, 0.1) is 19.8 Å².